The average Bonchev–Trinajstić information content (AvgIpc) is 2.78. The Hall–Kier alpha value is -2.24. The van der Waals surface area contributed by atoms with Crippen LogP contribution in [0, 0.1) is 6.92 Å². The van der Waals surface area contributed by atoms with Crippen LogP contribution in [0.15, 0.2) is 12.3 Å². The molecule has 0 bridgehead atoms. The van der Waals surface area contributed by atoms with Gasteiger partial charge in [-0.1, -0.05) is 13.8 Å². The van der Waals surface area contributed by atoms with E-state index in [-0.39, 0.29) is 17.7 Å². The van der Waals surface area contributed by atoms with Gasteiger partial charge in [0.15, 0.2) is 0 Å². The minimum atomic E-state index is -0.370. The topological polar surface area (TPSA) is 76.9 Å². The lowest BCUT2D eigenvalue weighted by molar-refractivity contribution is -0.134. The van der Waals surface area contributed by atoms with E-state index in [1.807, 2.05) is 33.9 Å². The van der Waals surface area contributed by atoms with Crippen molar-refractivity contribution in [3.63, 3.8) is 0 Å². The SMILES string of the molecule is CC.Cc1cc2c(cn1)c(C1CCC(=O)NC1=O)nn2C. The lowest BCUT2D eigenvalue weighted by atomic mass is 9.93. The quantitative estimate of drug-likeness (QED) is 0.812. The first-order chi connectivity index (χ1) is 10.1. The van der Waals surface area contributed by atoms with E-state index in [4.69, 9.17) is 0 Å². The van der Waals surface area contributed by atoms with Gasteiger partial charge in [-0.15, -0.1) is 0 Å². The number of pyridine rings is 1. The minimum absolute atomic E-state index is 0.213. The molecule has 1 aliphatic rings. The van der Waals surface area contributed by atoms with Gasteiger partial charge in [-0.3, -0.25) is 24.6 Å². The third-order valence-electron chi connectivity index (χ3n) is 3.47. The summed E-state index contributed by atoms with van der Waals surface area (Å²) < 4.78 is 1.75. The molecule has 6 heteroatoms. The molecule has 2 aromatic rings. The smallest absolute Gasteiger partial charge is 0.235 e. The molecular formula is C15H20N4O2. The Morgan fingerprint density at radius 3 is 2.71 bits per heavy atom. The largest absolute Gasteiger partial charge is 0.296 e. The maximum absolute atomic E-state index is 11.9. The van der Waals surface area contributed by atoms with Crippen LogP contribution >= 0.6 is 0 Å². The molecule has 0 radical (unpaired) electrons. The number of nitrogens with zero attached hydrogens (tertiary/aromatic N) is 3. The Kier molecular flexibility index (Phi) is 4.35. The van der Waals surface area contributed by atoms with E-state index in [0.717, 1.165) is 16.6 Å². The van der Waals surface area contributed by atoms with Crippen LogP contribution in [0.1, 0.15) is 44.0 Å². The van der Waals surface area contributed by atoms with Gasteiger partial charge < -0.3 is 0 Å². The van der Waals surface area contributed by atoms with E-state index < -0.39 is 0 Å². The van der Waals surface area contributed by atoms with Crippen LogP contribution in [0.2, 0.25) is 0 Å². The van der Waals surface area contributed by atoms with Gasteiger partial charge in [-0.25, -0.2) is 0 Å². The molecule has 0 saturated carbocycles. The Balaban J connectivity index is 0.000000774. The highest BCUT2D eigenvalue weighted by Crippen LogP contribution is 2.29. The van der Waals surface area contributed by atoms with Crippen molar-refractivity contribution in [1.82, 2.24) is 20.1 Å². The molecule has 1 saturated heterocycles. The monoisotopic (exact) mass is 288 g/mol. The fourth-order valence-corrected chi connectivity index (χ4v) is 2.49. The number of carbonyl (C=O) groups excluding carboxylic acids is 2. The van der Waals surface area contributed by atoms with Crippen molar-refractivity contribution in [2.24, 2.45) is 7.05 Å². The number of nitrogens with one attached hydrogen (secondary N) is 1. The molecule has 3 heterocycles. The third kappa shape index (κ3) is 2.79. The summed E-state index contributed by atoms with van der Waals surface area (Å²) in [5.41, 5.74) is 2.56. The van der Waals surface area contributed by atoms with Crippen LogP contribution < -0.4 is 5.32 Å². The van der Waals surface area contributed by atoms with E-state index >= 15 is 0 Å². The minimum Gasteiger partial charge on any atom is -0.296 e. The van der Waals surface area contributed by atoms with Gasteiger partial charge in [-0.2, -0.15) is 5.10 Å². The van der Waals surface area contributed by atoms with Crippen molar-refractivity contribution in [2.45, 2.75) is 39.5 Å². The Morgan fingerprint density at radius 2 is 2.05 bits per heavy atom. The van der Waals surface area contributed by atoms with Crippen LogP contribution in [0.4, 0.5) is 0 Å². The maximum atomic E-state index is 11.9. The van der Waals surface area contributed by atoms with E-state index in [1.165, 1.54) is 0 Å². The van der Waals surface area contributed by atoms with Crippen LogP contribution in [-0.2, 0) is 16.6 Å². The molecule has 0 spiro atoms. The molecule has 2 aromatic heterocycles. The summed E-state index contributed by atoms with van der Waals surface area (Å²) in [6, 6.07) is 1.94. The standard InChI is InChI=1S/C13H14N4O2.C2H6/c1-7-5-10-9(6-14-7)12(16-17(10)2)8-3-4-11(18)15-13(8)19;1-2/h5-6,8H,3-4H2,1-2H3,(H,15,18,19);1-2H3. The summed E-state index contributed by atoms with van der Waals surface area (Å²) in [6.07, 6.45) is 2.61. The molecule has 1 unspecified atom stereocenters. The number of aromatic nitrogens is 3. The van der Waals surface area contributed by atoms with Gasteiger partial charge in [0.05, 0.1) is 17.1 Å². The Bertz CT molecular complexity index is 690. The van der Waals surface area contributed by atoms with Crippen molar-refractivity contribution in [3.8, 4) is 0 Å². The molecule has 1 atom stereocenters. The highest BCUT2D eigenvalue weighted by atomic mass is 16.2. The van der Waals surface area contributed by atoms with Gasteiger partial charge in [-0.05, 0) is 19.4 Å². The van der Waals surface area contributed by atoms with Crippen LogP contribution in [0.25, 0.3) is 10.9 Å². The zero-order valence-electron chi connectivity index (χ0n) is 12.8. The highest BCUT2D eigenvalue weighted by molar-refractivity contribution is 6.02. The summed E-state index contributed by atoms with van der Waals surface area (Å²) in [5.74, 6) is -0.849. The summed E-state index contributed by atoms with van der Waals surface area (Å²) in [5, 5.41) is 7.68. The van der Waals surface area contributed by atoms with Crippen molar-refractivity contribution in [3.05, 3.63) is 23.7 Å². The fourth-order valence-electron chi connectivity index (χ4n) is 2.49. The molecule has 1 fully saturated rings. The van der Waals surface area contributed by atoms with Gasteiger partial charge in [0, 0.05) is 30.7 Å². The second-order valence-corrected chi connectivity index (χ2v) is 4.86. The number of imide groups is 1. The number of rotatable bonds is 1. The zero-order chi connectivity index (χ0) is 15.6. The van der Waals surface area contributed by atoms with Crippen LogP contribution in [0.5, 0.6) is 0 Å². The number of hydrogen-bond acceptors (Lipinski definition) is 4. The number of piperidine rings is 1. The zero-order valence-corrected chi connectivity index (χ0v) is 12.8. The Labute approximate surface area is 123 Å². The molecule has 6 nitrogen and oxygen atoms in total. The second kappa shape index (κ2) is 6.03. The first kappa shape index (κ1) is 15.2. The van der Waals surface area contributed by atoms with Crippen molar-refractivity contribution < 1.29 is 9.59 Å². The summed E-state index contributed by atoms with van der Waals surface area (Å²) in [7, 11) is 1.84. The normalized spacial score (nSPS) is 18.2. The number of hydrogen-bond donors (Lipinski definition) is 1. The fraction of sp³-hybridized carbons (Fsp3) is 0.467. The maximum Gasteiger partial charge on any atom is 0.235 e. The summed E-state index contributed by atoms with van der Waals surface area (Å²) >= 11 is 0. The van der Waals surface area contributed by atoms with Gasteiger partial charge in [0.2, 0.25) is 11.8 Å². The first-order valence-electron chi connectivity index (χ1n) is 7.19. The van der Waals surface area contributed by atoms with E-state index in [2.05, 4.69) is 15.4 Å². The van der Waals surface area contributed by atoms with Gasteiger partial charge >= 0.3 is 0 Å². The molecule has 1 N–H and O–H groups in total. The first-order valence-corrected chi connectivity index (χ1v) is 7.19. The predicted octanol–water partition coefficient (Wildman–Crippen LogP) is 1.82. The van der Waals surface area contributed by atoms with E-state index in [0.29, 0.717) is 18.5 Å². The van der Waals surface area contributed by atoms with Crippen molar-refractivity contribution in [1.29, 1.82) is 0 Å². The number of amides is 2. The van der Waals surface area contributed by atoms with Gasteiger partial charge in [0.1, 0.15) is 0 Å². The summed E-state index contributed by atoms with van der Waals surface area (Å²) in [6.45, 7) is 5.91. The van der Waals surface area contributed by atoms with Crippen LogP contribution in [0.3, 0.4) is 0 Å². The van der Waals surface area contributed by atoms with E-state index in [1.54, 1.807) is 10.9 Å². The third-order valence-corrected chi connectivity index (χ3v) is 3.47. The average molecular weight is 288 g/mol. The molecule has 1 aliphatic heterocycles. The molecule has 112 valence electrons. The molecule has 0 aromatic carbocycles. The Morgan fingerprint density at radius 1 is 1.33 bits per heavy atom. The molecule has 2 amide bonds. The van der Waals surface area contributed by atoms with E-state index in [9.17, 15) is 9.59 Å². The number of carbonyl (C=O) groups is 2. The van der Waals surface area contributed by atoms with Crippen molar-refractivity contribution >= 4 is 22.7 Å². The second-order valence-electron chi connectivity index (χ2n) is 4.86. The van der Waals surface area contributed by atoms with Gasteiger partial charge in [0.25, 0.3) is 0 Å². The molecule has 3 rings (SSSR count). The predicted molar refractivity (Wildman–Crippen MR) is 79.7 cm³/mol. The van der Waals surface area contributed by atoms with Crippen LogP contribution in [-0.4, -0.2) is 26.6 Å². The molecule has 0 aliphatic carbocycles. The van der Waals surface area contributed by atoms with Crippen molar-refractivity contribution in [2.75, 3.05) is 0 Å². The molecule has 21 heavy (non-hydrogen) atoms. The number of fused-ring (bicyclic) bond motifs is 1. The lowest BCUT2D eigenvalue weighted by Gasteiger charge is -2.19. The lowest BCUT2D eigenvalue weighted by Crippen LogP contribution is -2.39. The number of aryl methyl sites for hydroxylation is 2. The highest BCUT2D eigenvalue weighted by Gasteiger charge is 2.31. The summed E-state index contributed by atoms with van der Waals surface area (Å²) in [4.78, 5) is 27.4. The molecular weight excluding hydrogens is 268 g/mol.